The van der Waals surface area contributed by atoms with Crippen LogP contribution in [0.5, 0.6) is 0 Å². The van der Waals surface area contributed by atoms with Crippen LogP contribution < -0.4 is 4.90 Å². The van der Waals surface area contributed by atoms with Gasteiger partial charge in [0.15, 0.2) is 5.65 Å². The van der Waals surface area contributed by atoms with E-state index in [0.29, 0.717) is 0 Å². The summed E-state index contributed by atoms with van der Waals surface area (Å²) < 4.78 is 1.99. The van der Waals surface area contributed by atoms with Crippen LogP contribution in [0.25, 0.3) is 28.0 Å². The highest BCUT2D eigenvalue weighted by molar-refractivity contribution is 5.82. The molecule has 0 radical (unpaired) electrons. The van der Waals surface area contributed by atoms with Crippen molar-refractivity contribution in [3.05, 3.63) is 66.6 Å². The Morgan fingerprint density at radius 2 is 1.74 bits per heavy atom. The SMILES string of the molecule is Cc1nn2c(N3CCN(CCO)CC3)cc(-c3cccnc3)nc2c1-c1ccccc1. The lowest BCUT2D eigenvalue weighted by Crippen LogP contribution is -2.47. The van der Waals surface area contributed by atoms with Crippen molar-refractivity contribution >= 4 is 11.5 Å². The van der Waals surface area contributed by atoms with Gasteiger partial charge in [-0.2, -0.15) is 9.61 Å². The molecule has 31 heavy (non-hydrogen) atoms. The highest BCUT2D eigenvalue weighted by atomic mass is 16.3. The first-order chi connectivity index (χ1) is 15.2. The van der Waals surface area contributed by atoms with Gasteiger partial charge in [0, 0.05) is 62.3 Å². The molecular formula is C24H26N6O. The summed E-state index contributed by atoms with van der Waals surface area (Å²) in [6.45, 7) is 6.56. The fourth-order valence-corrected chi connectivity index (χ4v) is 4.28. The van der Waals surface area contributed by atoms with Gasteiger partial charge in [-0.15, -0.1) is 0 Å². The molecule has 1 fully saturated rings. The zero-order valence-electron chi connectivity index (χ0n) is 17.6. The third-order valence-corrected chi connectivity index (χ3v) is 5.88. The van der Waals surface area contributed by atoms with Crippen LogP contribution in [0.15, 0.2) is 60.9 Å². The number of anilines is 1. The molecule has 0 unspecified atom stereocenters. The number of pyridine rings is 1. The first-order valence-electron chi connectivity index (χ1n) is 10.7. The van der Waals surface area contributed by atoms with E-state index in [4.69, 9.17) is 10.1 Å². The monoisotopic (exact) mass is 414 g/mol. The number of fused-ring (bicyclic) bond motifs is 1. The van der Waals surface area contributed by atoms with E-state index in [0.717, 1.165) is 72.3 Å². The standard InChI is InChI=1S/C24H26N6O/c1-18-23(19-6-3-2-4-7-19)24-26-21(20-8-5-9-25-17-20)16-22(30(24)27-18)29-12-10-28(11-13-29)14-15-31/h2-9,16-17,31H,10-15H2,1H3. The van der Waals surface area contributed by atoms with Crippen molar-refractivity contribution in [3.63, 3.8) is 0 Å². The predicted molar refractivity (Wildman–Crippen MR) is 122 cm³/mol. The van der Waals surface area contributed by atoms with E-state index in [1.807, 2.05) is 48.0 Å². The Bertz CT molecular complexity index is 1170. The fourth-order valence-electron chi connectivity index (χ4n) is 4.28. The fraction of sp³-hybridized carbons (Fsp3) is 0.292. The predicted octanol–water partition coefficient (Wildman–Crippen LogP) is 2.88. The van der Waals surface area contributed by atoms with Crippen LogP contribution in [0.4, 0.5) is 5.82 Å². The smallest absolute Gasteiger partial charge is 0.166 e. The summed E-state index contributed by atoms with van der Waals surface area (Å²) in [5.41, 5.74) is 5.88. The molecule has 0 spiro atoms. The van der Waals surface area contributed by atoms with Gasteiger partial charge in [-0.25, -0.2) is 4.98 Å². The van der Waals surface area contributed by atoms with Crippen LogP contribution in [0.3, 0.4) is 0 Å². The molecule has 5 rings (SSSR count). The number of rotatable bonds is 5. The van der Waals surface area contributed by atoms with Gasteiger partial charge in [-0.05, 0) is 24.6 Å². The van der Waals surface area contributed by atoms with Gasteiger partial charge in [0.2, 0.25) is 0 Å². The average Bonchev–Trinajstić information content (AvgIpc) is 3.16. The van der Waals surface area contributed by atoms with Crippen molar-refractivity contribution in [2.24, 2.45) is 0 Å². The van der Waals surface area contributed by atoms with E-state index < -0.39 is 0 Å². The minimum atomic E-state index is 0.198. The van der Waals surface area contributed by atoms with Gasteiger partial charge in [-0.3, -0.25) is 9.88 Å². The zero-order chi connectivity index (χ0) is 21.2. The molecule has 1 aliphatic heterocycles. The lowest BCUT2D eigenvalue weighted by atomic mass is 10.1. The first kappa shape index (κ1) is 19.7. The third-order valence-electron chi connectivity index (χ3n) is 5.88. The van der Waals surface area contributed by atoms with E-state index in [1.165, 1.54) is 0 Å². The molecule has 0 saturated carbocycles. The summed E-state index contributed by atoms with van der Waals surface area (Å²) in [5, 5.41) is 14.2. The summed E-state index contributed by atoms with van der Waals surface area (Å²) in [5.74, 6) is 1.04. The van der Waals surface area contributed by atoms with Crippen molar-refractivity contribution in [1.29, 1.82) is 0 Å². The number of nitrogens with zero attached hydrogens (tertiary/aromatic N) is 6. The van der Waals surface area contributed by atoms with Crippen LogP contribution in [-0.4, -0.2) is 68.9 Å². The molecule has 0 bridgehead atoms. The van der Waals surface area contributed by atoms with Crippen LogP contribution in [0.1, 0.15) is 5.69 Å². The van der Waals surface area contributed by atoms with E-state index in [9.17, 15) is 5.11 Å². The summed E-state index contributed by atoms with van der Waals surface area (Å²) in [6.07, 6.45) is 3.63. The normalized spacial score (nSPS) is 15.0. The van der Waals surface area contributed by atoms with Crippen LogP contribution in [-0.2, 0) is 0 Å². The van der Waals surface area contributed by atoms with Crippen molar-refractivity contribution in [3.8, 4) is 22.4 Å². The minimum Gasteiger partial charge on any atom is -0.395 e. The lowest BCUT2D eigenvalue weighted by Gasteiger charge is -2.35. The Balaban J connectivity index is 1.66. The Labute approximate surface area is 181 Å². The number of aliphatic hydroxyl groups is 1. The van der Waals surface area contributed by atoms with Crippen molar-refractivity contribution in [2.45, 2.75) is 6.92 Å². The van der Waals surface area contributed by atoms with Crippen molar-refractivity contribution < 1.29 is 5.11 Å². The topological polar surface area (TPSA) is 69.8 Å². The van der Waals surface area contributed by atoms with Crippen molar-refractivity contribution in [2.75, 3.05) is 44.2 Å². The number of hydrogen-bond acceptors (Lipinski definition) is 6. The molecule has 0 amide bonds. The third kappa shape index (κ3) is 3.78. The lowest BCUT2D eigenvalue weighted by molar-refractivity contribution is 0.188. The number of β-amino-alcohol motifs (C(OH)–C–C–N with tert-alkyl or cyclic N) is 1. The highest BCUT2D eigenvalue weighted by Gasteiger charge is 2.23. The molecule has 4 aromatic rings. The van der Waals surface area contributed by atoms with E-state index in [2.05, 4.69) is 33.0 Å². The quantitative estimate of drug-likeness (QED) is 0.542. The average molecular weight is 415 g/mol. The molecule has 3 aromatic heterocycles. The molecule has 0 atom stereocenters. The maximum atomic E-state index is 9.26. The van der Waals surface area contributed by atoms with E-state index >= 15 is 0 Å². The van der Waals surface area contributed by atoms with Gasteiger partial charge >= 0.3 is 0 Å². The van der Waals surface area contributed by atoms with Gasteiger partial charge in [-0.1, -0.05) is 30.3 Å². The van der Waals surface area contributed by atoms with Gasteiger partial charge in [0.25, 0.3) is 0 Å². The summed E-state index contributed by atoms with van der Waals surface area (Å²) in [6, 6.07) is 16.4. The Kier molecular flexibility index (Phi) is 5.36. The number of piperazine rings is 1. The Morgan fingerprint density at radius 3 is 2.45 bits per heavy atom. The molecule has 1 N–H and O–H groups in total. The van der Waals surface area contributed by atoms with Gasteiger partial charge < -0.3 is 10.0 Å². The second-order valence-electron chi connectivity index (χ2n) is 7.86. The highest BCUT2D eigenvalue weighted by Crippen LogP contribution is 2.32. The molecule has 1 aliphatic rings. The molecule has 7 heteroatoms. The molecule has 0 aliphatic carbocycles. The number of benzene rings is 1. The van der Waals surface area contributed by atoms with Crippen LogP contribution >= 0.6 is 0 Å². The molecule has 158 valence electrons. The largest absolute Gasteiger partial charge is 0.395 e. The molecule has 7 nitrogen and oxygen atoms in total. The maximum Gasteiger partial charge on any atom is 0.166 e. The second kappa shape index (κ2) is 8.45. The Hall–Kier alpha value is -3.29. The molecular weight excluding hydrogens is 388 g/mol. The summed E-state index contributed by atoms with van der Waals surface area (Å²) >= 11 is 0. The van der Waals surface area contributed by atoms with Gasteiger partial charge in [0.05, 0.1) is 18.0 Å². The molecule has 1 saturated heterocycles. The number of hydrogen-bond donors (Lipinski definition) is 1. The maximum absolute atomic E-state index is 9.26. The summed E-state index contributed by atoms with van der Waals surface area (Å²) in [7, 11) is 0. The van der Waals surface area contributed by atoms with E-state index in [1.54, 1.807) is 6.20 Å². The van der Waals surface area contributed by atoms with E-state index in [-0.39, 0.29) is 6.61 Å². The second-order valence-corrected chi connectivity index (χ2v) is 7.86. The number of aromatic nitrogens is 4. The molecule has 4 heterocycles. The van der Waals surface area contributed by atoms with Crippen molar-refractivity contribution in [1.82, 2.24) is 24.5 Å². The van der Waals surface area contributed by atoms with Crippen LogP contribution in [0, 0.1) is 6.92 Å². The zero-order valence-corrected chi connectivity index (χ0v) is 17.6. The number of aryl methyl sites for hydroxylation is 1. The minimum absolute atomic E-state index is 0.198. The first-order valence-corrected chi connectivity index (χ1v) is 10.7. The van der Waals surface area contributed by atoms with Gasteiger partial charge in [0.1, 0.15) is 5.82 Å². The summed E-state index contributed by atoms with van der Waals surface area (Å²) in [4.78, 5) is 14.0. The Morgan fingerprint density at radius 1 is 0.968 bits per heavy atom. The molecule has 1 aromatic carbocycles. The van der Waals surface area contributed by atoms with Crippen LogP contribution in [0.2, 0.25) is 0 Å². The number of aliphatic hydroxyl groups excluding tert-OH is 1.